The molecule has 0 aromatic rings. The molecule has 9 nitrogen and oxygen atoms in total. The van der Waals surface area contributed by atoms with Crippen molar-refractivity contribution in [2.45, 2.75) is 96.9 Å². The zero-order chi connectivity index (χ0) is 24.6. The quantitative estimate of drug-likeness (QED) is 0.318. The van der Waals surface area contributed by atoms with Gasteiger partial charge in [0.25, 0.3) is 0 Å². The third-order valence-electron chi connectivity index (χ3n) is 5.85. The Kier molecular flexibility index (Phi) is 10.8. The van der Waals surface area contributed by atoms with Crippen molar-refractivity contribution in [3.8, 4) is 0 Å². The highest BCUT2D eigenvalue weighted by Gasteiger charge is 2.53. The number of unbranched alkanes of at least 4 members (excludes halogenated alkanes) is 1. The molecule has 0 aliphatic carbocycles. The van der Waals surface area contributed by atoms with E-state index in [1.807, 2.05) is 6.92 Å². The summed E-state index contributed by atoms with van der Waals surface area (Å²) in [5.74, 6) is -3.74. The Hall–Kier alpha value is -1.97. The zero-order valence-electron chi connectivity index (χ0n) is 20.1. The van der Waals surface area contributed by atoms with Crippen LogP contribution in [-0.4, -0.2) is 71.4 Å². The van der Waals surface area contributed by atoms with E-state index >= 15 is 0 Å². The van der Waals surface area contributed by atoms with E-state index in [0.29, 0.717) is 6.42 Å². The van der Waals surface area contributed by atoms with Gasteiger partial charge in [-0.2, -0.15) is 0 Å². The Bertz CT molecular complexity index is 672. The lowest BCUT2D eigenvalue weighted by Crippen LogP contribution is -2.59. The summed E-state index contributed by atoms with van der Waals surface area (Å²) in [4.78, 5) is 36.8. The number of cyclic esters (lactones) is 1. The molecule has 32 heavy (non-hydrogen) atoms. The Labute approximate surface area is 190 Å². The maximum Gasteiger partial charge on any atom is 0.330 e. The van der Waals surface area contributed by atoms with Gasteiger partial charge in [-0.05, 0) is 33.3 Å². The van der Waals surface area contributed by atoms with Gasteiger partial charge in [-0.25, -0.2) is 4.79 Å². The molecule has 1 saturated heterocycles. The Morgan fingerprint density at radius 3 is 2.38 bits per heavy atom. The number of esters is 3. The molecule has 0 saturated carbocycles. The van der Waals surface area contributed by atoms with Gasteiger partial charge in [0, 0.05) is 26.0 Å². The molecule has 1 rings (SSSR count). The number of ether oxygens (including phenoxy) is 4. The van der Waals surface area contributed by atoms with Crippen molar-refractivity contribution in [3.05, 3.63) is 12.2 Å². The van der Waals surface area contributed by atoms with Crippen LogP contribution in [0.2, 0.25) is 0 Å². The molecule has 1 heterocycles. The van der Waals surface area contributed by atoms with E-state index in [9.17, 15) is 24.6 Å². The lowest BCUT2D eigenvalue weighted by atomic mass is 9.78. The SMILES string of the molecule is CCCCC(O)/C=C/C(=O)OC1C(C)OC(=O)C(C)C(OC(C)=O)C(C)(O)C(OC)C1C. The van der Waals surface area contributed by atoms with Crippen LogP contribution in [0.25, 0.3) is 0 Å². The topological polar surface area (TPSA) is 129 Å². The first-order chi connectivity index (χ1) is 14.9. The molecule has 1 aliphatic heterocycles. The van der Waals surface area contributed by atoms with Gasteiger partial charge < -0.3 is 29.2 Å². The smallest absolute Gasteiger partial charge is 0.330 e. The summed E-state index contributed by atoms with van der Waals surface area (Å²) >= 11 is 0. The predicted molar refractivity (Wildman–Crippen MR) is 115 cm³/mol. The van der Waals surface area contributed by atoms with Crippen LogP contribution in [0, 0.1) is 11.8 Å². The van der Waals surface area contributed by atoms with E-state index in [1.54, 1.807) is 13.8 Å². The monoisotopic (exact) mass is 458 g/mol. The molecular weight excluding hydrogens is 420 g/mol. The van der Waals surface area contributed by atoms with Crippen LogP contribution >= 0.6 is 0 Å². The highest BCUT2D eigenvalue weighted by molar-refractivity contribution is 5.82. The van der Waals surface area contributed by atoms with E-state index in [-0.39, 0.29) is 0 Å². The van der Waals surface area contributed by atoms with Crippen molar-refractivity contribution in [1.29, 1.82) is 0 Å². The maximum absolute atomic E-state index is 12.7. The summed E-state index contributed by atoms with van der Waals surface area (Å²) in [6.45, 7) is 9.34. The van der Waals surface area contributed by atoms with Crippen LogP contribution in [0.1, 0.15) is 60.8 Å². The number of rotatable bonds is 8. The number of carbonyl (C=O) groups excluding carboxylic acids is 3. The average molecular weight is 459 g/mol. The number of methoxy groups -OCH3 is 1. The van der Waals surface area contributed by atoms with Gasteiger partial charge in [-0.15, -0.1) is 0 Å². The summed E-state index contributed by atoms with van der Waals surface area (Å²) in [7, 11) is 1.37. The van der Waals surface area contributed by atoms with Crippen molar-refractivity contribution < 1.29 is 43.5 Å². The molecule has 2 N–H and O–H groups in total. The number of aliphatic hydroxyl groups excluding tert-OH is 1. The fourth-order valence-electron chi connectivity index (χ4n) is 4.21. The largest absolute Gasteiger partial charge is 0.458 e. The summed E-state index contributed by atoms with van der Waals surface area (Å²) in [5.41, 5.74) is -1.79. The fraction of sp³-hybridized carbons (Fsp3) is 0.783. The van der Waals surface area contributed by atoms with E-state index in [1.165, 1.54) is 34.0 Å². The first kappa shape index (κ1) is 28.1. The highest BCUT2D eigenvalue weighted by atomic mass is 16.6. The molecule has 8 unspecified atom stereocenters. The van der Waals surface area contributed by atoms with Gasteiger partial charge in [0.2, 0.25) is 0 Å². The summed E-state index contributed by atoms with van der Waals surface area (Å²) in [5, 5.41) is 21.2. The van der Waals surface area contributed by atoms with E-state index in [2.05, 4.69) is 0 Å². The summed E-state index contributed by atoms with van der Waals surface area (Å²) < 4.78 is 21.9. The second kappa shape index (κ2) is 12.3. The number of carbonyl (C=O) groups is 3. The van der Waals surface area contributed by atoms with Gasteiger partial charge >= 0.3 is 17.9 Å². The Morgan fingerprint density at radius 1 is 1.22 bits per heavy atom. The van der Waals surface area contributed by atoms with E-state index < -0.39 is 65.9 Å². The van der Waals surface area contributed by atoms with Gasteiger partial charge in [-0.3, -0.25) is 9.59 Å². The fourth-order valence-corrected chi connectivity index (χ4v) is 4.21. The zero-order valence-corrected chi connectivity index (χ0v) is 20.1. The minimum Gasteiger partial charge on any atom is -0.458 e. The van der Waals surface area contributed by atoms with Gasteiger partial charge in [0.1, 0.15) is 23.9 Å². The number of hydrogen-bond acceptors (Lipinski definition) is 9. The molecule has 0 aromatic carbocycles. The third-order valence-corrected chi connectivity index (χ3v) is 5.85. The molecular formula is C23H38O9. The Morgan fingerprint density at radius 2 is 1.84 bits per heavy atom. The first-order valence-electron chi connectivity index (χ1n) is 11.1. The van der Waals surface area contributed by atoms with Crippen LogP contribution in [0.4, 0.5) is 0 Å². The third kappa shape index (κ3) is 7.28. The molecule has 184 valence electrons. The molecule has 9 heteroatoms. The summed E-state index contributed by atoms with van der Waals surface area (Å²) in [6.07, 6.45) is -0.0571. The minimum absolute atomic E-state index is 0.526. The van der Waals surface area contributed by atoms with Crippen LogP contribution in [0.5, 0.6) is 0 Å². The number of hydrogen-bond donors (Lipinski definition) is 2. The van der Waals surface area contributed by atoms with Crippen molar-refractivity contribution in [2.75, 3.05) is 7.11 Å². The minimum atomic E-state index is -1.79. The van der Waals surface area contributed by atoms with Crippen molar-refractivity contribution in [3.63, 3.8) is 0 Å². The van der Waals surface area contributed by atoms with Crippen LogP contribution < -0.4 is 0 Å². The number of aliphatic hydroxyl groups is 2. The lowest BCUT2D eigenvalue weighted by Gasteiger charge is -2.42. The predicted octanol–water partition coefficient (Wildman–Crippen LogP) is 1.92. The van der Waals surface area contributed by atoms with Gasteiger partial charge in [0.05, 0.1) is 18.1 Å². The first-order valence-corrected chi connectivity index (χ1v) is 11.1. The second-order valence-electron chi connectivity index (χ2n) is 8.67. The van der Waals surface area contributed by atoms with Crippen LogP contribution in [-0.2, 0) is 33.3 Å². The molecule has 0 aromatic heterocycles. The Balaban J connectivity index is 3.21. The van der Waals surface area contributed by atoms with Crippen LogP contribution in [0.15, 0.2) is 12.2 Å². The van der Waals surface area contributed by atoms with E-state index in [0.717, 1.165) is 18.9 Å². The maximum atomic E-state index is 12.7. The molecule has 1 fully saturated rings. The molecule has 1 aliphatic rings. The molecule has 0 bridgehead atoms. The van der Waals surface area contributed by atoms with Crippen molar-refractivity contribution in [1.82, 2.24) is 0 Å². The lowest BCUT2D eigenvalue weighted by molar-refractivity contribution is -0.203. The molecule has 8 atom stereocenters. The van der Waals surface area contributed by atoms with Gasteiger partial charge in [0.15, 0.2) is 0 Å². The standard InChI is InChI=1S/C23H38O9/c1-8-9-10-17(25)11-12-18(26)32-19-13(2)20(29-7)23(6,28)21(31-16(5)24)14(3)22(27)30-15(19)4/h11-15,17,19-21,25,28H,8-10H2,1-7H3/b12-11+. The van der Waals surface area contributed by atoms with E-state index in [4.69, 9.17) is 18.9 Å². The average Bonchev–Trinajstić information content (AvgIpc) is 2.72. The summed E-state index contributed by atoms with van der Waals surface area (Å²) in [6, 6.07) is 0. The highest BCUT2D eigenvalue weighted by Crippen LogP contribution is 2.36. The van der Waals surface area contributed by atoms with Crippen molar-refractivity contribution in [2.24, 2.45) is 11.8 Å². The van der Waals surface area contributed by atoms with Crippen molar-refractivity contribution >= 4 is 17.9 Å². The molecule has 0 amide bonds. The molecule has 0 radical (unpaired) electrons. The normalized spacial score (nSPS) is 34.7. The van der Waals surface area contributed by atoms with Crippen LogP contribution in [0.3, 0.4) is 0 Å². The second-order valence-corrected chi connectivity index (χ2v) is 8.67. The molecule has 0 spiro atoms. The van der Waals surface area contributed by atoms with Gasteiger partial charge in [-0.1, -0.05) is 26.7 Å².